The monoisotopic (exact) mass is 454 g/mol. The van der Waals surface area contributed by atoms with E-state index in [1.165, 1.54) is 5.48 Å². The lowest BCUT2D eigenvalue weighted by molar-refractivity contribution is -0.154. The molecule has 0 aliphatic heterocycles. The first-order chi connectivity index (χ1) is 16.0. The minimum atomic E-state index is -1.81. The third kappa shape index (κ3) is 7.13. The van der Waals surface area contributed by atoms with Crippen molar-refractivity contribution in [3.8, 4) is 0 Å². The molecule has 8 heteroatoms. The van der Waals surface area contributed by atoms with E-state index in [0.29, 0.717) is 0 Å². The van der Waals surface area contributed by atoms with Crippen molar-refractivity contribution < 1.29 is 29.4 Å². The van der Waals surface area contributed by atoms with E-state index in [4.69, 9.17) is 9.94 Å². The van der Waals surface area contributed by atoms with Crippen molar-refractivity contribution in [3.63, 3.8) is 0 Å². The number of nitrogens with one attached hydrogen (secondary N) is 2. The van der Waals surface area contributed by atoms with Crippen molar-refractivity contribution in [1.82, 2.24) is 10.8 Å². The molecule has 0 spiro atoms. The molecule has 0 aromatic heterocycles. The number of carbonyl (C=O) groups is 3. The average Bonchev–Trinajstić information content (AvgIpc) is 3.35. The van der Waals surface area contributed by atoms with E-state index in [2.05, 4.69) is 5.32 Å². The summed E-state index contributed by atoms with van der Waals surface area (Å²) in [4.78, 5) is 38.1. The van der Waals surface area contributed by atoms with Crippen molar-refractivity contribution in [1.29, 1.82) is 0 Å². The number of hydrogen-bond acceptors (Lipinski definition) is 6. The van der Waals surface area contributed by atoms with Gasteiger partial charge in [-0.05, 0) is 43.2 Å². The van der Waals surface area contributed by atoms with Crippen LogP contribution in [-0.2, 0) is 32.0 Å². The lowest BCUT2D eigenvalue weighted by Gasteiger charge is -2.25. The van der Waals surface area contributed by atoms with Gasteiger partial charge in [-0.1, -0.05) is 60.7 Å². The number of benzene rings is 2. The van der Waals surface area contributed by atoms with E-state index in [-0.39, 0.29) is 18.9 Å². The van der Waals surface area contributed by atoms with Crippen LogP contribution in [0.2, 0.25) is 0 Å². The second kappa shape index (κ2) is 12.1. The molecule has 1 aliphatic carbocycles. The molecular formula is C25H30N2O6. The van der Waals surface area contributed by atoms with E-state index >= 15 is 0 Å². The van der Waals surface area contributed by atoms with Gasteiger partial charge in [-0.3, -0.25) is 14.8 Å². The Bertz CT molecular complexity index is 915. The summed E-state index contributed by atoms with van der Waals surface area (Å²) in [6.07, 6.45) is 1.85. The Balaban J connectivity index is 1.79. The van der Waals surface area contributed by atoms with Crippen LogP contribution in [0.3, 0.4) is 0 Å². The van der Waals surface area contributed by atoms with Gasteiger partial charge in [0, 0.05) is 6.42 Å². The van der Waals surface area contributed by atoms with Crippen molar-refractivity contribution in [2.75, 3.05) is 0 Å². The molecule has 0 radical (unpaired) electrons. The van der Waals surface area contributed by atoms with Crippen molar-refractivity contribution in [2.45, 2.75) is 56.8 Å². The maximum absolute atomic E-state index is 13.2. The summed E-state index contributed by atoms with van der Waals surface area (Å²) in [6.45, 7) is 0. The van der Waals surface area contributed by atoms with Crippen LogP contribution in [0.5, 0.6) is 0 Å². The Morgan fingerprint density at radius 3 is 1.97 bits per heavy atom. The third-order valence-corrected chi connectivity index (χ3v) is 5.86. The van der Waals surface area contributed by atoms with Gasteiger partial charge in [0.2, 0.25) is 5.91 Å². The van der Waals surface area contributed by atoms with Crippen molar-refractivity contribution in [3.05, 3.63) is 71.8 Å². The van der Waals surface area contributed by atoms with Crippen LogP contribution in [0, 0.1) is 5.92 Å². The van der Waals surface area contributed by atoms with Gasteiger partial charge >= 0.3 is 5.97 Å². The fraction of sp³-hybridized carbons (Fsp3) is 0.400. The van der Waals surface area contributed by atoms with Gasteiger partial charge in [-0.25, -0.2) is 10.3 Å². The molecule has 3 atom stereocenters. The zero-order valence-electron chi connectivity index (χ0n) is 18.4. The molecule has 33 heavy (non-hydrogen) atoms. The fourth-order valence-corrected chi connectivity index (χ4v) is 4.04. The highest BCUT2D eigenvalue weighted by Crippen LogP contribution is 2.22. The lowest BCUT2D eigenvalue weighted by Crippen LogP contribution is -2.51. The summed E-state index contributed by atoms with van der Waals surface area (Å²) in [6, 6.07) is 17.1. The van der Waals surface area contributed by atoms with E-state index < -0.39 is 35.8 Å². The number of carbonyl (C=O) groups excluding carboxylic acids is 3. The molecule has 1 saturated carbocycles. The van der Waals surface area contributed by atoms with Gasteiger partial charge in [0.1, 0.15) is 18.2 Å². The third-order valence-electron chi connectivity index (χ3n) is 5.86. The van der Waals surface area contributed by atoms with Crippen LogP contribution < -0.4 is 10.8 Å². The molecule has 0 saturated heterocycles. The fourth-order valence-electron chi connectivity index (χ4n) is 4.04. The van der Waals surface area contributed by atoms with E-state index in [9.17, 15) is 19.5 Å². The Labute approximate surface area is 192 Å². The molecular weight excluding hydrogens is 424 g/mol. The maximum Gasteiger partial charge on any atom is 0.329 e. The SMILES string of the molecule is O=C(OC1CCCC1)[C@H](Cc1ccccc1)NC(=O)[C@H](Cc1ccccc1)[C@H](O)C(=O)NO. The van der Waals surface area contributed by atoms with Crippen molar-refractivity contribution in [2.24, 2.45) is 5.92 Å². The van der Waals surface area contributed by atoms with Gasteiger partial charge in [-0.2, -0.15) is 0 Å². The zero-order valence-corrected chi connectivity index (χ0v) is 18.4. The standard InChI is InChI=1S/C25H30N2O6/c28-22(24(30)27-32)20(15-17-9-3-1-4-10-17)23(29)26-21(16-18-11-5-2-6-12-18)25(31)33-19-13-7-8-14-19/h1-6,9-12,19-22,28,32H,7-8,13-16H2,(H,26,29)(H,27,30)/t20-,21+,22+/m1/s1. The second-order valence-electron chi connectivity index (χ2n) is 8.31. The molecule has 1 aliphatic rings. The number of ether oxygens (including phenoxy) is 1. The number of aliphatic hydroxyl groups excluding tert-OH is 1. The lowest BCUT2D eigenvalue weighted by atomic mass is 9.92. The van der Waals surface area contributed by atoms with Crippen LogP contribution >= 0.6 is 0 Å². The largest absolute Gasteiger partial charge is 0.461 e. The Morgan fingerprint density at radius 2 is 1.42 bits per heavy atom. The predicted octanol–water partition coefficient (Wildman–Crippen LogP) is 1.92. The predicted molar refractivity (Wildman–Crippen MR) is 120 cm³/mol. The minimum Gasteiger partial charge on any atom is -0.461 e. The zero-order chi connectivity index (χ0) is 23.6. The topological polar surface area (TPSA) is 125 Å². The summed E-state index contributed by atoms with van der Waals surface area (Å²) in [7, 11) is 0. The summed E-state index contributed by atoms with van der Waals surface area (Å²) in [5, 5.41) is 22.1. The van der Waals surface area contributed by atoms with Gasteiger partial charge in [-0.15, -0.1) is 0 Å². The molecule has 176 valence electrons. The van der Waals surface area contributed by atoms with Crippen LogP contribution in [0.25, 0.3) is 0 Å². The quantitative estimate of drug-likeness (QED) is 0.247. The van der Waals surface area contributed by atoms with Gasteiger partial charge < -0.3 is 15.2 Å². The molecule has 4 N–H and O–H groups in total. The minimum absolute atomic E-state index is 0.0387. The summed E-state index contributed by atoms with van der Waals surface area (Å²) in [5.41, 5.74) is 2.94. The van der Waals surface area contributed by atoms with Crippen LogP contribution in [0.4, 0.5) is 0 Å². The number of esters is 1. The Kier molecular flexibility index (Phi) is 8.97. The summed E-state index contributed by atoms with van der Waals surface area (Å²) >= 11 is 0. The van der Waals surface area contributed by atoms with E-state index in [1.807, 2.05) is 36.4 Å². The average molecular weight is 455 g/mol. The van der Waals surface area contributed by atoms with Gasteiger partial charge in [0.05, 0.1) is 5.92 Å². The molecule has 2 aromatic rings. The summed E-state index contributed by atoms with van der Waals surface area (Å²) < 4.78 is 5.64. The highest BCUT2D eigenvalue weighted by atomic mass is 16.5. The number of rotatable bonds is 10. The molecule has 0 heterocycles. The first-order valence-electron chi connectivity index (χ1n) is 11.2. The van der Waals surface area contributed by atoms with Gasteiger partial charge in [0.25, 0.3) is 5.91 Å². The Morgan fingerprint density at radius 1 is 0.879 bits per heavy atom. The van der Waals surface area contributed by atoms with E-state index in [1.54, 1.807) is 24.3 Å². The first kappa shape index (κ1) is 24.4. The maximum atomic E-state index is 13.2. The number of hydrogen-bond donors (Lipinski definition) is 4. The van der Waals surface area contributed by atoms with Crippen LogP contribution in [0.1, 0.15) is 36.8 Å². The second-order valence-corrected chi connectivity index (χ2v) is 8.31. The molecule has 0 unspecified atom stereocenters. The molecule has 2 amide bonds. The number of aliphatic hydroxyl groups is 1. The Hall–Kier alpha value is -3.23. The van der Waals surface area contributed by atoms with E-state index in [0.717, 1.165) is 36.8 Å². The highest BCUT2D eigenvalue weighted by Gasteiger charge is 2.35. The number of amides is 2. The smallest absolute Gasteiger partial charge is 0.329 e. The summed E-state index contributed by atoms with van der Waals surface area (Å²) in [5.74, 6) is -3.55. The highest BCUT2D eigenvalue weighted by molar-refractivity contribution is 5.91. The molecule has 0 bridgehead atoms. The first-order valence-corrected chi connectivity index (χ1v) is 11.2. The molecule has 2 aromatic carbocycles. The number of hydroxylamine groups is 1. The van der Waals surface area contributed by atoms with Crippen LogP contribution in [-0.4, -0.2) is 46.3 Å². The molecule has 1 fully saturated rings. The van der Waals surface area contributed by atoms with Gasteiger partial charge in [0.15, 0.2) is 0 Å². The van der Waals surface area contributed by atoms with Crippen LogP contribution in [0.15, 0.2) is 60.7 Å². The molecule has 3 rings (SSSR count). The normalized spacial score (nSPS) is 16.4. The van der Waals surface area contributed by atoms with Crippen molar-refractivity contribution >= 4 is 17.8 Å². The molecule has 8 nitrogen and oxygen atoms in total.